The van der Waals surface area contributed by atoms with Gasteiger partial charge >= 0.3 is 0 Å². The maximum absolute atomic E-state index is 8.57. The first-order chi connectivity index (χ1) is 11.4. The molecule has 4 nitrogen and oxygen atoms in total. The number of unbranched alkanes of at least 4 members (excludes halogenated alkanes) is 2. The smallest absolute Gasteiger partial charge is 0.223 e. The Morgan fingerprint density at radius 1 is 0.913 bits per heavy atom. The quantitative estimate of drug-likeness (QED) is 0.685. The molecule has 0 bridgehead atoms. The molecule has 4 heteroatoms. The Morgan fingerprint density at radius 3 is 2.52 bits per heavy atom. The molecule has 1 N–H and O–H groups in total. The number of hydrogen-bond acceptors (Lipinski definition) is 4. The Morgan fingerprint density at radius 2 is 1.70 bits per heavy atom. The Hall–Kier alpha value is -2.93. The fourth-order valence-electron chi connectivity index (χ4n) is 2.50. The van der Waals surface area contributed by atoms with Crippen LogP contribution in [-0.4, -0.2) is 16.5 Å². The average Bonchev–Trinajstić information content (AvgIpc) is 2.61. The zero-order valence-electron chi connectivity index (χ0n) is 12.9. The molecule has 0 aliphatic heterocycles. The molecule has 2 aromatic carbocycles. The third-order valence-corrected chi connectivity index (χ3v) is 3.65. The van der Waals surface area contributed by atoms with Crippen LogP contribution in [0.4, 0.5) is 5.95 Å². The summed E-state index contributed by atoms with van der Waals surface area (Å²) in [4.78, 5) is 9.29. The minimum absolute atomic E-state index is 0.593. The molecule has 0 aliphatic carbocycles. The van der Waals surface area contributed by atoms with Crippen molar-refractivity contribution in [2.24, 2.45) is 0 Å². The molecule has 0 unspecified atom stereocenters. The van der Waals surface area contributed by atoms with Crippen molar-refractivity contribution in [3.63, 3.8) is 0 Å². The van der Waals surface area contributed by atoms with E-state index in [0.717, 1.165) is 41.5 Å². The van der Waals surface area contributed by atoms with Crippen LogP contribution in [0, 0.1) is 11.3 Å². The molecule has 114 valence electrons. The number of nitriles is 1. The summed E-state index contributed by atoms with van der Waals surface area (Å²) in [5.74, 6) is 0.638. The zero-order valence-corrected chi connectivity index (χ0v) is 12.9. The number of aromatic nitrogens is 2. The molecule has 0 saturated carbocycles. The van der Waals surface area contributed by atoms with Crippen molar-refractivity contribution in [2.75, 3.05) is 11.9 Å². The van der Waals surface area contributed by atoms with Gasteiger partial charge in [0, 0.05) is 23.9 Å². The number of benzene rings is 2. The van der Waals surface area contributed by atoms with E-state index in [-0.39, 0.29) is 0 Å². The highest BCUT2D eigenvalue weighted by atomic mass is 15.1. The van der Waals surface area contributed by atoms with Crippen molar-refractivity contribution < 1.29 is 0 Å². The van der Waals surface area contributed by atoms with Crippen LogP contribution in [0.2, 0.25) is 0 Å². The Labute approximate surface area is 135 Å². The lowest BCUT2D eigenvalue weighted by Gasteiger charge is -2.10. The van der Waals surface area contributed by atoms with Crippen molar-refractivity contribution in [3.8, 4) is 17.3 Å². The number of nitrogens with one attached hydrogen (secondary N) is 1. The molecular weight excluding hydrogens is 284 g/mol. The number of anilines is 1. The Kier molecular flexibility index (Phi) is 4.80. The van der Waals surface area contributed by atoms with E-state index in [0.29, 0.717) is 12.4 Å². The topological polar surface area (TPSA) is 61.6 Å². The molecule has 1 aromatic heterocycles. The van der Waals surface area contributed by atoms with Crippen molar-refractivity contribution in [2.45, 2.75) is 19.3 Å². The Balaban J connectivity index is 1.90. The second-order valence-corrected chi connectivity index (χ2v) is 5.32. The summed E-state index contributed by atoms with van der Waals surface area (Å²) in [6, 6.07) is 20.4. The maximum Gasteiger partial charge on any atom is 0.223 e. The van der Waals surface area contributed by atoms with Gasteiger partial charge < -0.3 is 5.32 Å². The summed E-state index contributed by atoms with van der Waals surface area (Å²) >= 11 is 0. The minimum atomic E-state index is 0.593. The van der Waals surface area contributed by atoms with E-state index in [1.807, 2.05) is 42.5 Å². The van der Waals surface area contributed by atoms with Gasteiger partial charge in [0.2, 0.25) is 5.95 Å². The standard InChI is InChI=1S/C19H18N4/c20-13-7-2-8-14-21-19-22-17-12-6-5-11-16(17)18(23-19)15-9-3-1-4-10-15/h1,3-6,9-12H,2,7-8,14H2,(H,21,22,23). The average molecular weight is 302 g/mol. The van der Waals surface area contributed by atoms with E-state index in [1.54, 1.807) is 0 Å². The van der Waals surface area contributed by atoms with Crippen LogP contribution >= 0.6 is 0 Å². The van der Waals surface area contributed by atoms with Gasteiger partial charge in [-0.2, -0.15) is 5.26 Å². The lowest BCUT2D eigenvalue weighted by molar-refractivity contribution is 0.780. The molecule has 0 amide bonds. The van der Waals surface area contributed by atoms with E-state index >= 15 is 0 Å². The first-order valence-electron chi connectivity index (χ1n) is 7.81. The number of hydrogen-bond donors (Lipinski definition) is 1. The van der Waals surface area contributed by atoms with Gasteiger partial charge in [-0.1, -0.05) is 48.5 Å². The van der Waals surface area contributed by atoms with Gasteiger partial charge in [0.15, 0.2) is 0 Å². The summed E-state index contributed by atoms with van der Waals surface area (Å²) in [6.07, 6.45) is 2.42. The first kappa shape index (κ1) is 15.0. The molecule has 0 aliphatic rings. The summed E-state index contributed by atoms with van der Waals surface area (Å²) in [7, 11) is 0. The second kappa shape index (κ2) is 7.37. The van der Waals surface area contributed by atoms with Gasteiger partial charge in [0.05, 0.1) is 17.3 Å². The van der Waals surface area contributed by atoms with Gasteiger partial charge in [-0.25, -0.2) is 9.97 Å². The van der Waals surface area contributed by atoms with Crippen LogP contribution in [-0.2, 0) is 0 Å². The molecule has 23 heavy (non-hydrogen) atoms. The van der Waals surface area contributed by atoms with E-state index in [2.05, 4.69) is 28.5 Å². The Bertz CT molecular complexity index is 822. The maximum atomic E-state index is 8.57. The van der Waals surface area contributed by atoms with Gasteiger partial charge in [-0.15, -0.1) is 0 Å². The third-order valence-electron chi connectivity index (χ3n) is 3.65. The van der Waals surface area contributed by atoms with E-state index in [1.165, 1.54) is 0 Å². The minimum Gasteiger partial charge on any atom is -0.354 e. The summed E-state index contributed by atoms with van der Waals surface area (Å²) in [5.41, 5.74) is 2.95. The predicted molar refractivity (Wildman–Crippen MR) is 92.9 cm³/mol. The van der Waals surface area contributed by atoms with Crippen LogP contribution in [0.3, 0.4) is 0 Å². The molecule has 3 aromatic rings. The number of para-hydroxylation sites is 1. The van der Waals surface area contributed by atoms with Gasteiger partial charge in [0.25, 0.3) is 0 Å². The largest absolute Gasteiger partial charge is 0.354 e. The van der Waals surface area contributed by atoms with Crippen LogP contribution in [0.1, 0.15) is 19.3 Å². The fraction of sp³-hybridized carbons (Fsp3) is 0.211. The van der Waals surface area contributed by atoms with E-state index in [4.69, 9.17) is 10.2 Å². The predicted octanol–water partition coefficient (Wildman–Crippen LogP) is 4.40. The molecule has 0 radical (unpaired) electrons. The summed E-state index contributed by atoms with van der Waals surface area (Å²) < 4.78 is 0. The number of fused-ring (bicyclic) bond motifs is 1. The van der Waals surface area contributed by atoms with Crippen molar-refractivity contribution in [1.82, 2.24) is 9.97 Å². The molecule has 1 heterocycles. The third kappa shape index (κ3) is 3.64. The highest BCUT2D eigenvalue weighted by Crippen LogP contribution is 2.26. The SMILES string of the molecule is N#CCCCCNc1nc(-c2ccccc2)c2ccccc2n1. The first-order valence-corrected chi connectivity index (χ1v) is 7.81. The zero-order chi connectivity index (χ0) is 15.9. The van der Waals surface area contributed by atoms with Crippen molar-refractivity contribution in [3.05, 3.63) is 54.6 Å². The normalized spacial score (nSPS) is 10.4. The number of nitrogens with zero attached hydrogens (tertiary/aromatic N) is 3. The molecule has 3 rings (SSSR count). The molecule has 0 spiro atoms. The van der Waals surface area contributed by atoms with Crippen molar-refractivity contribution in [1.29, 1.82) is 5.26 Å². The molecule has 0 fully saturated rings. The summed E-state index contributed by atoms with van der Waals surface area (Å²) in [5, 5.41) is 12.9. The fourth-order valence-corrected chi connectivity index (χ4v) is 2.50. The van der Waals surface area contributed by atoms with Crippen LogP contribution in [0.15, 0.2) is 54.6 Å². The number of rotatable bonds is 6. The van der Waals surface area contributed by atoms with Crippen LogP contribution < -0.4 is 5.32 Å². The van der Waals surface area contributed by atoms with Crippen LogP contribution in [0.5, 0.6) is 0 Å². The molecular formula is C19H18N4. The van der Waals surface area contributed by atoms with Gasteiger partial charge in [-0.3, -0.25) is 0 Å². The summed E-state index contributed by atoms with van der Waals surface area (Å²) in [6.45, 7) is 0.772. The lowest BCUT2D eigenvalue weighted by Crippen LogP contribution is -2.06. The van der Waals surface area contributed by atoms with E-state index in [9.17, 15) is 0 Å². The van der Waals surface area contributed by atoms with Crippen LogP contribution in [0.25, 0.3) is 22.2 Å². The highest BCUT2D eigenvalue weighted by molar-refractivity contribution is 5.93. The lowest BCUT2D eigenvalue weighted by atomic mass is 10.1. The highest BCUT2D eigenvalue weighted by Gasteiger charge is 2.08. The van der Waals surface area contributed by atoms with Crippen molar-refractivity contribution >= 4 is 16.9 Å². The van der Waals surface area contributed by atoms with Gasteiger partial charge in [0.1, 0.15) is 0 Å². The monoisotopic (exact) mass is 302 g/mol. The second-order valence-electron chi connectivity index (χ2n) is 5.32. The molecule has 0 saturated heterocycles. The molecule has 0 atom stereocenters. The van der Waals surface area contributed by atoms with E-state index < -0.39 is 0 Å². The van der Waals surface area contributed by atoms with Gasteiger partial charge in [-0.05, 0) is 18.9 Å².